The Hall–Kier alpha value is -2.38. The maximum Gasteiger partial charge on any atom is 0.337 e. The first-order chi connectivity index (χ1) is 8.20. The highest BCUT2D eigenvalue weighted by atomic mass is 16.5. The molecular formula is C9H12N6O2. The number of H-pyrrole nitrogens is 1. The van der Waals surface area contributed by atoms with Crippen molar-refractivity contribution >= 4 is 11.9 Å². The minimum absolute atomic E-state index is 0.202. The standard InChI is InChI=1S/C9H12N6O2/c1-3-17-9-12-8(13-14-9)11-7(16)6-4-10-5-15(6)2/h4-5H,3H2,1-2H3,(H2,11,12,13,14,16). The van der Waals surface area contributed by atoms with Crippen LogP contribution in [0.4, 0.5) is 5.95 Å². The molecule has 0 aromatic carbocycles. The van der Waals surface area contributed by atoms with E-state index in [-0.39, 0.29) is 17.9 Å². The number of nitrogens with zero attached hydrogens (tertiary/aromatic N) is 4. The van der Waals surface area contributed by atoms with Crippen molar-refractivity contribution in [3.05, 3.63) is 18.2 Å². The largest absolute Gasteiger partial charge is 0.463 e. The molecule has 1 amide bonds. The Labute approximate surface area is 97.0 Å². The van der Waals surface area contributed by atoms with Gasteiger partial charge in [-0.05, 0) is 6.92 Å². The number of nitrogens with one attached hydrogen (secondary N) is 2. The number of ether oxygens (including phenoxy) is 1. The molecule has 0 aliphatic carbocycles. The Morgan fingerprint density at radius 1 is 1.65 bits per heavy atom. The summed E-state index contributed by atoms with van der Waals surface area (Å²) in [6.45, 7) is 2.29. The molecule has 0 saturated heterocycles. The molecule has 0 spiro atoms. The number of amides is 1. The predicted octanol–water partition coefficient (Wildman–Crippen LogP) is 0.189. The Balaban J connectivity index is 2.05. The van der Waals surface area contributed by atoms with E-state index in [1.807, 2.05) is 6.92 Å². The fourth-order valence-corrected chi connectivity index (χ4v) is 1.24. The van der Waals surface area contributed by atoms with Crippen LogP contribution in [0.25, 0.3) is 0 Å². The molecule has 2 aromatic rings. The average Bonchev–Trinajstić information content (AvgIpc) is 2.88. The van der Waals surface area contributed by atoms with E-state index in [0.717, 1.165) is 0 Å². The molecule has 0 aliphatic rings. The monoisotopic (exact) mass is 236 g/mol. The van der Waals surface area contributed by atoms with Gasteiger partial charge in [0.15, 0.2) is 0 Å². The van der Waals surface area contributed by atoms with Gasteiger partial charge in [-0.1, -0.05) is 0 Å². The molecular weight excluding hydrogens is 224 g/mol. The second-order valence-corrected chi connectivity index (χ2v) is 3.24. The Bertz CT molecular complexity index is 517. The maximum absolute atomic E-state index is 11.8. The van der Waals surface area contributed by atoms with Crippen LogP contribution >= 0.6 is 0 Å². The third-order valence-electron chi connectivity index (χ3n) is 2.02. The van der Waals surface area contributed by atoms with Crippen LogP contribution in [0.5, 0.6) is 6.01 Å². The van der Waals surface area contributed by atoms with Crippen LogP contribution in [0.3, 0.4) is 0 Å². The van der Waals surface area contributed by atoms with Gasteiger partial charge >= 0.3 is 6.01 Å². The zero-order chi connectivity index (χ0) is 12.3. The van der Waals surface area contributed by atoms with Gasteiger partial charge in [0.25, 0.3) is 5.91 Å². The highest BCUT2D eigenvalue weighted by Crippen LogP contribution is 2.07. The van der Waals surface area contributed by atoms with E-state index in [2.05, 4.69) is 25.5 Å². The molecule has 2 N–H and O–H groups in total. The van der Waals surface area contributed by atoms with Crippen molar-refractivity contribution in [1.29, 1.82) is 0 Å². The first kappa shape index (κ1) is 11.1. The van der Waals surface area contributed by atoms with Crippen LogP contribution < -0.4 is 10.1 Å². The molecule has 0 fully saturated rings. The van der Waals surface area contributed by atoms with E-state index in [9.17, 15) is 4.79 Å². The smallest absolute Gasteiger partial charge is 0.337 e. The lowest BCUT2D eigenvalue weighted by atomic mass is 10.4. The van der Waals surface area contributed by atoms with Crippen molar-refractivity contribution in [2.45, 2.75) is 6.92 Å². The minimum atomic E-state index is -0.316. The predicted molar refractivity (Wildman–Crippen MR) is 58.7 cm³/mol. The summed E-state index contributed by atoms with van der Waals surface area (Å²) >= 11 is 0. The summed E-state index contributed by atoms with van der Waals surface area (Å²) in [5.41, 5.74) is 0.430. The van der Waals surface area contributed by atoms with E-state index in [1.165, 1.54) is 6.20 Å². The number of hydrogen-bond donors (Lipinski definition) is 2. The summed E-state index contributed by atoms with van der Waals surface area (Å²) in [6.07, 6.45) is 3.01. The van der Waals surface area contributed by atoms with Crippen molar-refractivity contribution in [1.82, 2.24) is 24.7 Å². The lowest BCUT2D eigenvalue weighted by molar-refractivity contribution is 0.101. The van der Waals surface area contributed by atoms with Gasteiger partial charge in [-0.3, -0.25) is 10.1 Å². The second-order valence-electron chi connectivity index (χ2n) is 3.24. The third-order valence-corrected chi connectivity index (χ3v) is 2.02. The van der Waals surface area contributed by atoms with Gasteiger partial charge in [-0.25, -0.2) is 10.1 Å². The molecule has 2 rings (SSSR count). The maximum atomic E-state index is 11.8. The van der Waals surface area contributed by atoms with E-state index in [4.69, 9.17) is 4.74 Å². The normalized spacial score (nSPS) is 10.2. The first-order valence-electron chi connectivity index (χ1n) is 5.03. The summed E-state index contributed by atoms with van der Waals surface area (Å²) in [4.78, 5) is 19.5. The van der Waals surface area contributed by atoms with Gasteiger partial charge in [0.2, 0.25) is 5.95 Å². The molecule has 0 saturated carbocycles. The lowest BCUT2D eigenvalue weighted by Crippen LogP contribution is -2.16. The Morgan fingerprint density at radius 2 is 2.47 bits per heavy atom. The Kier molecular flexibility index (Phi) is 3.03. The lowest BCUT2D eigenvalue weighted by Gasteiger charge is -2.00. The number of imidazole rings is 1. The molecule has 8 heteroatoms. The zero-order valence-electron chi connectivity index (χ0n) is 9.47. The molecule has 0 atom stereocenters. The van der Waals surface area contributed by atoms with Crippen LogP contribution in [0.1, 0.15) is 17.4 Å². The Morgan fingerprint density at radius 3 is 3.12 bits per heavy atom. The molecule has 90 valence electrons. The molecule has 0 radical (unpaired) electrons. The highest BCUT2D eigenvalue weighted by molar-refractivity contribution is 6.01. The van der Waals surface area contributed by atoms with Crippen molar-refractivity contribution in [2.24, 2.45) is 7.05 Å². The zero-order valence-corrected chi connectivity index (χ0v) is 9.47. The highest BCUT2D eigenvalue weighted by Gasteiger charge is 2.12. The summed E-state index contributed by atoms with van der Waals surface area (Å²) in [5, 5.41) is 8.88. The first-order valence-corrected chi connectivity index (χ1v) is 5.03. The molecule has 2 aromatic heterocycles. The molecule has 0 aliphatic heterocycles. The number of aromatic nitrogens is 5. The van der Waals surface area contributed by atoms with E-state index in [1.54, 1.807) is 17.9 Å². The molecule has 8 nitrogen and oxygen atoms in total. The van der Waals surface area contributed by atoms with Gasteiger partial charge in [0.1, 0.15) is 5.69 Å². The number of hydrogen-bond acceptors (Lipinski definition) is 5. The molecule has 0 unspecified atom stereocenters. The summed E-state index contributed by atoms with van der Waals surface area (Å²) in [7, 11) is 1.73. The van der Waals surface area contributed by atoms with E-state index >= 15 is 0 Å². The summed E-state index contributed by atoms with van der Waals surface area (Å²) < 4.78 is 6.67. The van der Waals surface area contributed by atoms with Gasteiger partial charge in [-0.15, -0.1) is 5.10 Å². The third kappa shape index (κ3) is 2.41. The van der Waals surface area contributed by atoms with Crippen LogP contribution in [-0.4, -0.2) is 37.2 Å². The van der Waals surface area contributed by atoms with Crippen molar-refractivity contribution in [2.75, 3.05) is 11.9 Å². The number of carbonyl (C=O) groups excluding carboxylic acids is 1. The van der Waals surface area contributed by atoms with Crippen LogP contribution in [-0.2, 0) is 7.05 Å². The molecule has 17 heavy (non-hydrogen) atoms. The molecule has 2 heterocycles. The SMILES string of the molecule is CCOc1n[nH]c(NC(=O)c2cncn2C)n1. The van der Waals surface area contributed by atoms with Gasteiger partial charge < -0.3 is 9.30 Å². The van der Waals surface area contributed by atoms with E-state index in [0.29, 0.717) is 12.3 Å². The fourth-order valence-electron chi connectivity index (χ4n) is 1.24. The van der Waals surface area contributed by atoms with Crippen molar-refractivity contribution < 1.29 is 9.53 Å². The molecule has 0 bridgehead atoms. The van der Waals surface area contributed by atoms with Gasteiger partial charge in [0.05, 0.1) is 19.1 Å². The van der Waals surface area contributed by atoms with E-state index < -0.39 is 0 Å². The fraction of sp³-hybridized carbons (Fsp3) is 0.333. The van der Waals surface area contributed by atoms with Crippen LogP contribution in [0.15, 0.2) is 12.5 Å². The number of rotatable bonds is 4. The number of anilines is 1. The average molecular weight is 236 g/mol. The van der Waals surface area contributed by atoms with Crippen molar-refractivity contribution in [3.63, 3.8) is 0 Å². The number of carbonyl (C=O) groups is 1. The number of aromatic amines is 1. The van der Waals surface area contributed by atoms with Crippen LogP contribution in [0, 0.1) is 0 Å². The van der Waals surface area contributed by atoms with Crippen molar-refractivity contribution in [3.8, 4) is 6.01 Å². The van der Waals surface area contributed by atoms with Gasteiger partial charge in [-0.2, -0.15) is 4.98 Å². The van der Waals surface area contributed by atoms with Gasteiger partial charge in [0, 0.05) is 7.05 Å². The second kappa shape index (κ2) is 4.64. The quantitative estimate of drug-likeness (QED) is 0.789. The minimum Gasteiger partial charge on any atom is -0.463 e. The summed E-state index contributed by atoms with van der Waals surface area (Å²) in [5.74, 6) is -0.0798. The summed E-state index contributed by atoms with van der Waals surface area (Å²) in [6, 6.07) is 0.202. The topological polar surface area (TPSA) is 97.7 Å². The number of aryl methyl sites for hydroxylation is 1. The van der Waals surface area contributed by atoms with Crippen LogP contribution in [0.2, 0.25) is 0 Å².